The quantitative estimate of drug-likeness (QED) is 0.293. The van der Waals surface area contributed by atoms with E-state index in [1.54, 1.807) is 35.2 Å². The Labute approximate surface area is 206 Å². The van der Waals surface area contributed by atoms with Gasteiger partial charge in [0, 0.05) is 11.1 Å². The number of thiocarbonyl (C=S) groups is 1. The third-order valence-electron chi connectivity index (χ3n) is 6.35. The van der Waals surface area contributed by atoms with Gasteiger partial charge in [-0.15, -0.1) is 0 Å². The number of esters is 1. The Kier molecular flexibility index (Phi) is 5.29. The summed E-state index contributed by atoms with van der Waals surface area (Å²) in [7, 11) is 1.49. The maximum Gasteiger partial charge on any atom is 0.347 e. The Bertz CT molecular complexity index is 1330. The van der Waals surface area contributed by atoms with Crippen LogP contribution in [0.5, 0.6) is 11.5 Å². The maximum absolute atomic E-state index is 13.7. The van der Waals surface area contributed by atoms with Crippen LogP contribution >= 0.6 is 24.0 Å². The molecule has 3 aliphatic heterocycles. The van der Waals surface area contributed by atoms with Crippen LogP contribution in [0.1, 0.15) is 54.6 Å². The van der Waals surface area contributed by atoms with Gasteiger partial charge in [-0.05, 0) is 56.0 Å². The number of thioether (sulfide) groups is 1. The lowest BCUT2D eigenvalue weighted by molar-refractivity contribution is -0.116. The van der Waals surface area contributed by atoms with E-state index in [0.717, 1.165) is 29.4 Å². The molecule has 174 valence electrons. The van der Waals surface area contributed by atoms with Gasteiger partial charge in [0.2, 0.25) is 0 Å². The summed E-state index contributed by atoms with van der Waals surface area (Å²) in [6.07, 6.45) is 0.718. The molecule has 2 aromatic rings. The van der Waals surface area contributed by atoms with Crippen molar-refractivity contribution in [2.75, 3.05) is 12.0 Å². The van der Waals surface area contributed by atoms with Gasteiger partial charge in [0.25, 0.3) is 11.8 Å². The number of amides is 2. The fraction of sp³-hybridized carbons (Fsp3) is 0.280. The van der Waals surface area contributed by atoms with Crippen LogP contribution in [0.4, 0.5) is 5.69 Å². The fourth-order valence-corrected chi connectivity index (χ4v) is 6.15. The largest absolute Gasteiger partial charge is 0.496 e. The summed E-state index contributed by atoms with van der Waals surface area (Å²) in [5.74, 6) is -0.402. The Morgan fingerprint density at radius 2 is 1.97 bits per heavy atom. The van der Waals surface area contributed by atoms with Gasteiger partial charge in [0.1, 0.15) is 21.4 Å². The molecule has 1 fully saturated rings. The number of ether oxygens (including phenoxy) is 2. The van der Waals surface area contributed by atoms with Gasteiger partial charge < -0.3 is 19.7 Å². The van der Waals surface area contributed by atoms with Gasteiger partial charge in [-0.2, -0.15) is 0 Å². The van der Waals surface area contributed by atoms with Crippen LogP contribution in [0, 0.1) is 0 Å². The zero-order valence-corrected chi connectivity index (χ0v) is 20.7. The highest BCUT2D eigenvalue weighted by Crippen LogP contribution is 2.54. The number of anilines is 1. The van der Waals surface area contributed by atoms with Crippen molar-refractivity contribution in [1.82, 2.24) is 5.32 Å². The highest BCUT2D eigenvalue weighted by atomic mass is 32.2. The fourth-order valence-electron chi connectivity index (χ4n) is 5.03. The molecular formula is C25H22N2O5S2. The number of nitrogens with zero attached hydrogens (tertiary/aromatic N) is 1. The summed E-state index contributed by atoms with van der Waals surface area (Å²) in [6.45, 7) is 6.12. The lowest BCUT2D eigenvalue weighted by Crippen LogP contribution is -2.49. The van der Waals surface area contributed by atoms with E-state index in [9.17, 15) is 14.4 Å². The minimum atomic E-state index is -0.571. The van der Waals surface area contributed by atoms with Gasteiger partial charge in [-0.1, -0.05) is 43.0 Å². The molecule has 0 spiro atoms. The number of hydrogen-bond donors (Lipinski definition) is 1. The Balaban J connectivity index is 1.67. The average Bonchev–Trinajstić information content (AvgIpc) is 3.26. The van der Waals surface area contributed by atoms with E-state index in [4.69, 9.17) is 21.7 Å². The zero-order chi connectivity index (χ0) is 24.4. The van der Waals surface area contributed by atoms with E-state index >= 15 is 0 Å². The van der Waals surface area contributed by atoms with Crippen LogP contribution in [0.2, 0.25) is 0 Å². The molecular weight excluding hydrogens is 472 g/mol. The molecule has 5 rings (SSSR count). The highest BCUT2D eigenvalue weighted by Gasteiger charge is 2.49. The maximum atomic E-state index is 13.7. The summed E-state index contributed by atoms with van der Waals surface area (Å²) in [5, 5.41) is 2.60. The van der Waals surface area contributed by atoms with Gasteiger partial charge in [-0.3, -0.25) is 9.59 Å². The molecule has 1 N–H and O–H groups in total. The molecule has 1 atom stereocenters. The molecule has 7 nitrogen and oxygen atoms in total. The summed E-state index contributed by atoms with van der Waals surface area (Å²) in [6, 6.07) is 10.3. The zero-order valence-electron chi connectivity index (χ0n) is 19.1. The monoisotopic (exact) mass is 494 g/mol. The van der Waals surface area contributed by atoms with Crippen LogP contribution < -0.4 is 19.7 Å². The molecule has 1 saturated heterocycles. The summed E-state index contributed by atoms with van der Waals surface area (Å²) >= 11 is 6.24. The second kappa shape index (κ2) is 7.95. The van der Waals surface area contributed by atoms with Crippen molar-refractivity contribution >= 4 is 57.3 Å². The number of nitrogens with one attached hydrogen (secondary N) is 1. The second-order valence-corrected chi connectivity index (χ2v) is 10.8. The first-order valence-electron chi connectivity index (χ1n) is 10.8. The molecule has 2 amide bonds. The Morgan fingerprint density at radius 1 is 1.24 bits per heavy atom. The first-order valence-corrected chi connectivity index (χ1v) is 12.0. The first-order chi connectivity index (χ1) is 16.1. The third-order valence-corrected chi connectivity index (χ3v) is 7.58. The SMILES string of the molecule is COc1ccccc1C(=O)Oc1cc2c3c(c1)C(C)CC(C)(C)N3C(=O)/C2=C1/SC(=S)NC1=O. The minimum Gasteiger partial charge on any atom is -0.496 e. The highest BCUT2D eigenvalue weighted by molar-refractivity contribution is 8.27. The van der Waals surface area contributed by atoms with Crippen molar-refractivity contribution in [2.45, 2.75) is 38.6 Å². The molecule has 0 aliphatic carbocycles. The first kappa shape index (κ1) is 22.6. The summed E-state index contributed by atoms with van der Waals surface area (Å²) < 4.78 is 11.4. The topological polar surface area (TPSA) is 84.9 Å². The normalized spacial score (nSPS) is 22.5. The number of benzene rings is 2. The van der Waals surface area contributed by atoms with E-state index in [0.29, 0.717) is 26.9 Å². The number of hydrogen-bond acceptors (Lipinski definition) is 7. The smallest absolute Gasteiger partial charge is 0.347 e. The van der Waals surface area contributed by atoms with Gasteiger partial charge >= 0.3 is 5.97 Å². The van der Waals surface area contributed by atoms with Crippen molar-refractivity contribution < 1.29 is 23.9 Å². The number of methoxy groups -OCH3 is 1. The van der Waals surface area contributed by atoms with Gasteiger partial charge in [0.05, 0.1) is 23.3 Å². The summed E-state index contributed by atoms with van der Waals surface area (Å²) in [4.78, 5) is 41.3. The molecule has 0 aromatic heterocycles. The van der Waals surface area contributed by atoms with E-state index < -0.39 is 17.4 Å². The second-order valence-electron chi connectivity index (χ2n) is 9.10. The molecule has 34 heavy (non-hydrogen) atoms. The standard InChI is InChI=1S/C25H22N2O5S2/c1-12-11-25(2,3)27-19-15(12)9-13(32-23(30)14-7-5-6-8-17(14)31-4)10-16(19)18(22(27)29)20-21(28)26-24(33)34-20/h5-10,12H,11H2,1-4H3,(H,26,28,33)/b20-18+. The number of carbonyl (C=O) groups is 3. The average molecular weight is 495 g/mol. The van der Waals surface area contributed by atoms with Crippen LogP contribution in [0.25, 0.3) is 5.57 Å². The van der Waals surface area contributed by atoms with E-state index in [2.05, 4.69) is 12.2 Å². The van der Waals surface area contributed by atoms with Crippen LogP contribution in [-0.4, -0.2) is 34.8 Å². The minimum absolute atomic E-state index is 0.105. The predicted octanol–water partition coefficient (Wildman–Crippen LogP) is 4.41. The lowest BCUT2D eigenvalue weighted by atomic mass is 9.80. The van der Waals surface area contributed by atoms with Crippen molar-refractivity contribution in [1.29, 1.82) is 0 Å². The predicted molar refractivity (Wildman–Crippen MR) is 134 cm³/mol. The molecule has 0 saturated carbocycles. The van der Waals surface area contributed by atoms with Crippen LogP contribution in [0.3, 0.4) is 0 Å². The molecule has 3 heterocycles. The Hall–Kier alpha value is -3.17. The van der Waals surface area contributed by atoms with Crippen molar-refractivity contribution in [3.05, 3.63) is 58.0 Å². The number of rotatable bonds is 3. The van der Waals surface area contributed by atoms with Crippen LogP contribution in [0.15, 0.2) is 41.3 Å². The number of para-hydroxylation sites is 1. The van der Waals surface area contributed by atoms with Crippen molar-refractivity contribution in [2.24, 2.45) is 0 Å². The molecule has 2 aromatic carbocycles. The molecule has 3 aliphatic rings. The van der Waals surface area contributed by atoms with Gasteiger partial charge in [-0.25, -0.2) is 4.79 Å². The van der Waals surface area contributed by atoms with Crippen LogP contribution in [-0.2, 0) is 9.59 Å². The Morgan fingerprint density at radius 3 is 2.65 bits per heavy atom. The third kappa shape index (κ3) is 3.42. The lowest BCUT2D eigenvalue weighted by Gasteiger charge is -2.43. The molecule has 9 heteroatoms. The molecule has 0 radical (unpaired) electrons. The molecule has 0 bridgehead atoms. The summed E-state index contributed by atoms with van der Waals surface area (Å²) in [5.41, 5.74) is 2.37. The van der Waals surface area contributed by atoms with E-state index in [1.807, 2.05) is 19.9 Å². The molecule has 1 unspecified atom stereocenters. The van der Waals surface area contributed by atoms with Crippen molar-refractivity contribution in [3.63, 3.8) is 0 Å². The van der Waals surface area contributed by atoms with E-state index in [-0.39, 0.29) is 22.3 Å². The van der Waals surface area contributed by atoms with Crippen molar-refractivity contribution in [3.8, 4) is 11.5 Å². The number of carbonyl (C=O) groups excluding carboxylic acids is 3. The van der Waals surface area contributed by atoms with Gasteiger partial charge in [0.15, 0.2) is 0 Å². The van der Waals surface area contributed by atoms with E-state index in [1.165, 1.54) is 7.11 Å².